The molecule has 0 aromatic heterocycles. The molecule has 0 saturated carbocycles. The second-order valence-corrected chi connectivity index (χ2v) is 6.85. The van der Waals surface area contributed by atoms with E-state index < -0.39 is 0 Å². The molecule has 0 unspecified atom stereocenters. The van der Waals surface area contributed by atoms with Crippen molar-refractivity contribution in [1.82, 2.24) is 5.43 Å². The number of phenols is 1. The summed E-state index contributed by atoms with van der Waals surface area (Å²) in [6, 6.07) is 20.7. The fourth-order valence-corrected chi connectivity index (χ4v) is 2.98. The third-order valence-corrected chi connectivity index (χ3v) is 4.61. The second kappa shape index (κ2) is 9.53. The highest BCUT2D eigenvalue weighted by Crippen LogP contribution is 2.26. The van der Waals surface area contributed by atoms with Crippen LogP contribution in [0, 0.1) is 11.3 Å². The van der Waals surface area contributed by atoms with E-state index in [9.17, 15) is 9.90 Å². The Bertz CT molecular complexity index is 1090. The predicted molar refractivity (Wildman–Crippen MR) is 113 cm³/mol. The zero-order valence-electron chi connectivity index (χ0n) is 15.2. The van der Waals surface area contributed by atoms with Gasteiger partial charge in [-0.3, -0.25) is 4.79 Å². The molecule has 0 radical (unpaired) electrons. The minimum absolute atomic E-state index is 0.0910. The molecule has 0 heterocycles. The molecule has 0 saturated heterocycles. The first-order valence-electron chi connectivity index (χ1n) is 8.59. The molecular weight excluding hydrogens is 434 g/mol. The van der Waals surface area contributed by atoms with E-state index in [1.807, 2.05) is 24.3 Å². The molecule has 3 aromatic carbocycles. The quantitative estimate of drug-likeness (QED) is 0.431. The standard InChI is InChI=1S/C22H16BrN3O3/c23-20-11-15(13-25-26-22(28)16-6-8-19(27)9-7-16)5-10-21(20)29-14-18-4-2-1-3-17(18)12-24/h1-11,13,27H,14H2,(H,26,28). The predicted octanol–water partition coefficient (Wildman–Crippen LogP) is 4.37. The Hall–Kier alpha value is -3.63. The lowest BCUT2D eigenvalue weighted by Crippen LogP contribution is -2.17. The SMILES string of the molecule is N#Cc1ccccc1COc1ccc(C=NNC(=O)c2ccc(O)cc2)cc1Br. The summed E-state index contributed by atoms with van der Waals surface area (Å²) >= 11 is 3.46. The van der Waals surface area contributed by atoms with Crippen molar-refractivity contribution in [2.24, 2.45) is 5.10 Å². The van der Waals surface area contributed by atoms with E-state index in [2.05, 4.69) is 32.5 Å². The van der Waals surface area contributed by atoms with E-state index in [0.29, 0.717) is 16.9 Å². The van der Waals surface area contributed by atoms with Gasteiger partial charge in [0.25, 0.3) is 5.91 Å². The average molecular weight is 450 g/mol. The number of hydrazone groups is 1. The molecule has 6 nitrogen and oxygen atoms in total. The van der Waals surface area contributed by atoms with Crippen LogP contribution in [0.5, 0.6) is 11.5 Å². The first-order chi connectivity index (χ1) is 14.1. The molecule has 3 aromatic rings. The van der Waals surface area contributed by atoms with Gasteiger partial charge in [0, 0.05) is 11.1 Å². The number of benzene rings is 3. The van der Waals surface area contributed by atoms with Crippen LogP contribution in [0.1, 0.15) is 27.0 Å². The van der Waals surface area contributed by atoms with Gasteiger partial charge in [0.1, 0.15) is 18.1 Å². The zero-order chi connectivity index (χ0) is 20.6. The van der Waals surface area contributed by atoms with Crippen LogP contribution in [0.25, 0.3) is 0 Å². The topological polar surface area (TPSA) is 94.7 Å². The van der Waals surface area contributed by atoms with Crippen molar-refractivity contribution in [1.29, 1.82) is 5.26 Å². The smallest absolute Gasteiger partial charge is 0.271 e. The molecule has 0 spiro atoms. The van der Waals surface area contributed by atoms with Crippen LogP contribution in [-0.2, 0) is 6.61 Å². The number of nitriles is 1. The second-order valence-electron chi connectivity index (χ2n) is 5.99. The van der Waals surface area contributed by atoms with Crippen molar-refractivity contribution in [3.8, 4) is 17.6 Å². The van der Waals surface area contributed by atoms with E-state index >= 15 is 0 Å². The van der Waals surface area contributed by atoms with Crippen molar-refractivity contribution in [3.63, 3.8) is 0 Å². The Balaban J connectivity index is 1.60. The maximum absolute atomic E-state index is 12.0. The Labute approximate surface area is 176 Å². The van der Waals surface area contributed by atoms with Crippen molar-refractivity contribution in [3.05, 3.63) is 93.5 Å². The van der Waals surface area contributed by atoms with E-state index in [0.717, 1.165) is 15.6 Å². The summed E-state index contributed by atoms with van der Waals surface area (Å²) in [6.45, 7) is 0.276. The van der Waals surface area contributed by atoms with Crippen LogP contribution in [-0.4, -0.2) is 17.2 Å². The minimum atomic E-state index is -0.378. The number of phenolic OH excluding ortho intramolecular Hbond substituents is 1. The number of carbonyl (C=O) groups excluding carboxylic acids is 1. The molecular formula is C22H16BrN3O3. The maximum atomic E-state index is 12.0. The highest BCUT2D eigenvalue weighted by atomic mass is 79.9. The number of halogens is 1. The first kappa shape index (κ1) is 20.1. The van der Waals surface area contributed by atoms with Crippen LogP contribution < -0.4 is 10.2 Å². The summed E-state index contributed by atoms with van der Waals surface area (Å²) in [5.41, 5.74) is 4.97. The fraction of sp³-hybridized carbons (Fsp3) is 0.0455. The summed E-state index contributed by atoms with van der Waals surface area (Å²) in [4.78, 5) is 12.0. The molecule has 0 bridgehead atoms. The van der Waals surface area contributed by atoms with Gasteiger partial charge in [0.15, 0.2) is 0 Å². The Morgan fingerprint density at radius 3 is 2.66 bits per heavy atom. The molecule has 0 atom stereocenters. The normalized spacial score (nSPS) is 10.5. The fourth-order valence-electron chi connectivity index (χ4n) is 2.47. The van der Waals surface area contributed by atoms with Crippen LogP contribution in [0.2, 0.25) is 0 Å². The number of rotatable bonds is 6. The molecule has 144 valence electrons. The van der Waals surface area contributed by atoms with E-state index in [1.165, 1.54) is 30.5 Å². The van der Waals surface area contributed by atoms with Gasteiger partial charge < -0.3 is 9.84 Å². The number of hydrogen-bond donors (Lipinski definition) is 2. The highest BCUT2D eigenvalue weighted by Gasteiger charge is 2.06. The van der Waals surface area contributed by atoms with Gasteiger partial charge in [-0.2, -0.15) is 10.4 Å². The van der Waals surface area contributed by atoms with Gasteiger partial charge in [-0.05, 0) is 70.0 Å². The van der Waals surface area contributed by atoms with E-state index in [4.69, 9.17) is 10.00 Å². The van der Waals surface area contributed by atoms with Crippen molar-refractivity contribution in [2.45, 2.75) is 6.61 Å². The lowest BCUT2D eigenvalue weighted by molar-refractivity contribution is 0.0955. The van der Waals surface area contributed by atoms with Crippen molar-refractivity contribution >= 4 is 28.1 Å². The molecule has 0 fully saturated rings. The summed E-state index contributed by atoms with van der Waals surface area (Å²) in [5, 5.41) is 22.3. The molecule has 7 heteroatoms. The summed E-state index contributed by atoms with van der Waals surface area (Å²) in [5.74, 6) is 0.341. The van der Waals surface area contributed by atoms with Crippen molar-refractivity contribution < 1.29 is 14.6 Å². The van der Waals surface area contributed by atoms with Gasteiger partial charge in [-0.15, -0.1) is 0 Å². The van der Waals surface area contributed by atoms with Gasteiger partial charge in [0.2, 0.25) is 0 Å². The number of aromatic hydroxyl groups is 1. The molecule has 0 aliphatic carbocycles. The Kier molecular flexibility index (Phi) is 6.61. The molecule has 29 heavy (non-hydrogen) atoms. The lowest BCUT2D eigenvalue weighted by Gasteiger charge is -2.10. The number of hydrogen-bond acceptors (Lipinski definition) is 5. The number of carbonyl (C=O) groups is 1. The lowest BCUT2D eigenvalue weighted by atomic mass is 10.1. The third-order valence-electron chi connectivity index (χ3n) is 3.99. The molecule has 2 N–H and O–H groups in total. The molecule has 0 aliphatic rings. The van der Waals surface area contributed by atoms with Crippen molar-refractivity contribution in [2.75, 3.05) is 0 Å². The highest BCUT2D eigenvalue weighted by molar-refractivity contribution is 9.10. The summed E-state index contributed by atoms with van der Waals surface area (Å²) in [7, 11) is 0. The zero-order valence-corrected chi connectivity index (χ0v) is 16.8. The van der Waals surface area contributed by atoms with E-state index in [-0.39, 0.29) is 18.3 Å². The third kappa shape index (κ3) is 5.43. The largest absolute Gasteiger partial charge is 0.508 e. The summed E-state index contributed by atoms with van der Waals surface area (Å²) in [6.07, 6.45) is 1.51. The number of ether oxygens (including phenoxy) is 1. The van der Waals surface area contributed by atoms with Gasteiger partial charge in [0.05, 0.1) is 22.3 Å². The number of nitrogens with one attached hydrogen (secondary N) is 1. The molecule has 3 rings (SSSR count). The van der Waals surface area contributed by atoms with Crippen LogP contribution in [0.4, 0.5) is 0 Å². The number of amides is 1. The average Bonchev–Trinajstić information content (AvgIpc) is 2.73. The molecule has 0 aliphatic heterocycles. The van der Waals surface area contributed by atoms with Crippen LogP contribution in [0.15, 0.2) is 76.3 Å². The monoisotopic (exact) mass is 449 g/mol. The summed E-state index contributed by atoms with van der Waals surface area (Å²) < 4.78 is 6.52. The van der Waals surface area contributed by atoms with Gasteiger partial charge >= 0.3 is 0 Å². The first-order valence-corrected chi connectivity index (χ1v) is 9.39. The van der Waals surface area contributed by atoms with Crippen LogP contribution >= 0.6 is 15.9 Å². The Morgan fingerprint density at radius 2 is 1.93 bits per heavy atom. The van der Waals surface area contributed by atoms with Gasteiger partial charge in [-0.25, -0.2) is 5.43 Å². The molecule has 1 amide bonds. The van der Waals surface area contributed by atoms with Gasteiger partial charge in [-0.1, -0.05) is 18.2 Å². The number of nitrogens with zero attached hydrogens (tertiary/aromatic N) is 2. The minimum Gasteiger partial charge on any atom is -0.508 e. The Morgan fingerprint density at radius 1 is 1.17 bits per heavy atom. The maximum Gasteiger partial charge on any atom is 0.271 e. The van der Waals surface area contributed by atoms with Crippen LogP contribution in [0.3, 0.4) is 0 Å². The van der Waals surface area contributed by atoms with E-state index in [1.54, 1.807) is 18.2 Å².